The van der Waals surface area contributed by atoms with Crippen LogP contribution in [0.4, 0.5) is 4.79 Å². The normalized spacial score (nSPS) is 22.7. The van der Waals surface area contributed by atoms with Gasteiger partial charge in [-0.05, 0) is 26.3 Å². The molecule has 0 radical (unpaired) electrons. The van der Waals surface area contributed by atoms with Crippen molar-refractivity contribution in [1.82, 2.24) is 9.13 Å². The van der Waals surface area contributed by atoms with Crippen LogP contribution >= 0.6 is 0 Å². The van der Waals surface area contributed by atoms with Crippen LogP contribution in [0.2, 0.25) is 0 Å². The minimum Gasteiger partial charge on any atom is -0.435 e. The van der Waals surface area contributed by atoms with Gasteiger partial charge in [-0.3, -0.25) is 9.36 Å². The highest BCUT2D eigenvalue weighted by Gasteiger charge is 2.36. The third-order valence-electron chi connectivity index (χ3n) is 4.10. The van der Waals surface area contributed by atoms with E-state index in [0.717, 1.165) is 9.13 Å². The Labute approximate surface area is 153 Å². The van der Waals surface area contributed by atoms with Gasteiger partial charge in [0.25, 0.3) is 5.56 Å². The Morgan fingerprint density at radius 3 is 2.85 bits per heavy atom. The van der Waals surface area contributed by atoms with Crippen molar-refractivity contribution < 1.29 is 24.1 Å². The average molecular weight is 383 g/mol. The fourth-order valence-electron chi connectivity index (χ4n) is 2.83. The highest BCUT2D eigenvalue weighted by Crippen LogP contribution is 2.29. The van der Waals surface area contributed by atoms with Crippen LogP contribution in [0.5, 0.6) is 0 Å². The van der Waals surface area contributed by atoms with Gasteiger partial charge in [0.2, 0.25) is 0 Å². The maximum atomic E-state index is 12.8. The van der Waals surface area contributed by atoms with Crippen LogP contribution in [0, 0.1) is 6.92 Å². The smallest absolute Gasteiger partial charge is 0.435 e. The molecule has 12 heteroatoms. The number of hydrogen-bond donors (Lipinski definition) is 1. The first-order chi connectivity index (χ1) is 12.8. The highest BCUT2D eigenvalue weighted by atomic mass is 16.7. The summed E-state index contributed by atoms with van der Waals surface area (Å²) in [5.74, 6) is 0. The fraction of sp³-hybridized carbons (Fsp3) is 0.667. The minimum atomic E-state index is -1.21. The number of ether oxygens (including phenoxy) is 3. The lowest BCUT2D eigenvalue weighted by molar-refractivity contribution is -0.0309. The molecule has 0 aromatic carbocycles. The molecule has 1 N–H and O–H groups in total. The van der Waals surface area contributed by atoms with Crippen LogP contribution in [0.25, 0.3) is 10.4 Å². The molecule has 1 fully saturated rings. The van der Waals surface area contributed by atoms with E-state index in [4.69, 9.17) is 15.0 Å². The Hall–Kier alpha value is -2.82. The number of aliphatic hydroxyl groups excluding tert-OH is 1. The molecule has 1 aromatic rings. The van der Waals surface area contributed by atoms with Gasteiger partial charge in [-0.15, -0.1) is 0 Å². The van der Waals surface area contributed by atoms with Crippen LogP contribution < -0.4 is 11.2 Å². The van der Waals surface area contributed by atoms with Crippen molar-refractivity contribution in [3.05, 3.63) is 43.0 Å². The molecule has 0 spiro atoms. The molecule has 0 aliphatic carbocycles. The number of nitrogens with zero attached hydrogens (tertiary/aromatic N) is 5. The molecular weight excluding hydrogens is 362 g/mol. The van der Waals surface area contributed by atoms with Crippen molar-refractivity contribution in [3.63, 3.8) is 0 Å². The summed E-state index contributed by atoms with van der Waals surface area (Å²) in [7, 11) is 0. The third kappa shape index (κ3) is 4.30. The zero-order valence-corrected chi connectivity index (χ0v) is 15.1. The number of aromatic nitrogens is 2. The lowest BCUT2D eigenvalue weighted by Gasteiger charge is -2.20. The van der Waals surface area contributed by atoms with Gasteiger partial charge in [0, 0.05) is 23.1 Å². The van der Waals surface area contributed by atoms with E-state index in [1.165, 1.54) is 20.0 Å². The lowest BCUT2D eigenvalue weighted by Crippen LogP contribution is -2.44. The first-order valence-corrected chi connectivity index (χ1v) is 8.32. The van der Waals surface area contributed by atoms with E-state index in [9.17, 15) is 19.5 Å². The summed E-state index contributed by atoms with van der Waals surface area (Å²) in [6, 6.07) is -0.661. The monoisotopic (exact) mass is 383 g/mol. The van der Waals surface area contributed by atoms with Crippen LogP contribution in [0.15, 0.2) is 20.9 Å². The predicted molar refractivity (Wildman–Crippen MR) is 91.1 cm³/mol. The van der Waals surface area contributed by atoms with Crippen molar-refractivity contribution in [2.24, 2.45) is 5.11 Å². The van der Waals surface area contributed by atoms with E-state index < -0.39 is 48.6 Å². The molecule has 1 unspecified atom stereocenters. The van der Waals surface area contributed by atoms with Gasteiger partial charge in [0.1, 0.15) is 6.23 Å². The summed E-state index contributed by atoms with van der Waals surface area (Å²) in [5, 5.41) is 12.9. The van der Waals surface area contributed by atoms with Gasteiger partial charge < -0.3 is 19.3 Å². The molecule has 0 amide bonds. The molecule has 2 heterocycles. The maximum absolute atomic E-state index is 12.8. The molecule has 1 aromatic heterocycles. The standard InChI is InChI=1S/C15H21N5O7/c1-4-25-15(24)26-9(3)20-13(22)8(2)6-19(14(20)23)12-5-10(17-18-16)11(7-21)27-12/h6,9-12,21H,4-5,7H2,1-3H3/t9?,10-,11+,12+/m0/s1. The molecule has 12 nitrogen and oxygen atoms in total. The number of carbonyl (C=O) groups excluding carboxylic acids is 1. The van der Waals surface area contributed by atoms with Crippen molar-refractivity contribution >= 4 is 6.16 Å². The second-order valence-electron chi connectivity index (χ2n) is 5.90. The van der Waals surface area contributed by atoms with Gasteiger partial charge >= 0.3 is 11.8 Å². The number of hydrogen-bond acceptors (Lipinski definition) is 8. The summed E-state index contributed by atoms with van der Waals surface area (Å²) in [6.45, 7) is 4.13. The fourth-order valence-corrected chi connectivity index (χ4v) is 2.83. The average Bonchev–Trinajstić information content (AvgIpc) is 3.01. The van der Waals surface area contributed by atoms with Gasteiger partial charge in [0.05, 0.1) is 25.4 Å². The maximum Gasteiger partial charge on any atom is 0.510 e. The van der Waals surface area contributed by atoms with E-state index in [-0.39, 0.29) is 18.6 Å². The molecular formula is C15H21N5O7. The largest absolute Gasteiger partial charge is 0.510 e. The van der Waals surface area contributed by atoms with E-state index in [1.54, 1.807) is 6.92 Å². The quantitative estimate of drug-likeness (QED) is 0.332. The summed E-state index contributed by atoms with van der Waals surface area (Å²) in [4.78, 5) is 39.4. The Morgan fingerprint density at radius 2 is 2.26 bits per heavy atom. The lowest BCUT2D eigenvalue weighted by atomic mass is 10.1. The number of carbonyl (C=O) groups is 1. The number of aliphatic hydroxyl groups is 1. The Bertz CT molecular complexity index is 857. The third-order valence-corrected chi connectivity index (χ3v) is 4.10. The first-order valence-electron chi connectivity index (χ1n) is 8.32. The summed E-state index contributed by atoms with van der Waals surface area (Å²) < 4.78 is 17.1. The zero-order valence-electron chi connectivity index (χ0n) is 15.1. The van der Waals surface area contributed by atoms with E-state index in [2.05, 4.69) is 14.8 Å². The zero-order chi connectivity index (χ0) is 20.1. The van der Waals surface area contributed by atoms with Gasteiger partial charge in [0.15, 0.2) is 6.23 Å². The number of aryl methyl sites for hydroxylation is 1. The SMILES string of the molecule is CCOC(=O)OC(C)n1c(=O)c(C)cn([C@H]2C[C@H](N=[N+]=[N-])[C@@H](CO)O2)c1=O. The number of azide groups is 1. The topological polar surface area (TPSA) is 158 Å². The molecule has 27 heavy (non-hydrogen) atoms. The Kier molecular flexibility index (Phi) is 6.61. The van der Waals surface area contributed by atoms with Gasteiger partial charge in [-0.2, -0.15) is 0 Å². The van der Waals surface area contributed by atoms with Gasteiger partial charge in [-0.1, -0.05) is 5.11 Å². The van der Waals surface area contributed by atoms with E-state index in [1.807, 2.05) is 0 Å². The van der Waals surface area contributed by atoms with Gasteiger partial charge in [-0.25, -0.2) is 14.2 Å². The molecule has 0 bridgehead atoms. The second-order valence-corrected chi connectivity index (χ2v) is 5.90. The minimum absolute atomic E-state index is 0.0811. The van der Waals surface area contributed by atoms with Crippen molar-refractivity contribution in [2.45, 2.75) is 51.8 Å². The highest BCUT2D eigenvalue weighted by molar-refractivity contribution is 5.59. The molecule has 148 valence electrons. The molecule has 1 aliphatic rings. The van der Waals surface area contributed by atoms with E-state index in [0.29, 0.717) is 0 Å². The van der Waals surface area contributed by atoms with Crippen LogP contribution in [-0.2, 0) is 14.2 Å². The molecule has 1 saturated heterocycles. The Morgan fingerprint density at radius 1 is 1.56 bits per heavy atom. The van der Waals surface area contributed by atoms with Crippen molar-refractivity contribution in [1.29, 1.82) is 0 Å². The summed E-state index contributed by atoms with van der Waals surface area (Å²) >= 11 is 0. The Balaban J connectivity index is 2.41. The first kappa shape index (κ1) is 20.5. The van der Waals surface area contributed by atoms with Crippen LogP contribution in [0.3, 0.4) is 0 Å². The summed E-state index contributed by atoms with van der Waals surface area (Å²) in [6.07, 6.45) is -2.39. The van der Waals surface area contributed by atoms with Crippen molar-refractivity contribution in [3.8, 4) is 0 Å². The van der Waals surface area contributed by atoms with Crippen molar-refractivity contribution in [2.75, 3.05) is 13.2 Å². The molecule has 4 atom stereocenters. The molecule has 2 rings (SSSR count). The van der Waals surface area contributed by atoms with Crippen LogP contribution in [-0.4, -0.2) is 45.8 Å². The molecule has 1 aliphatic heterocycles. The van der Waals surface area contributed by atoms with E-state index >= 15 is 0 Å². The van der Waals surface area contributed by atoms with Crippen LogP contribution in [0.1, 0.15) is 38.3 Å². The molecule has 0 saturated carbocycles. The predicted octanol–water partition coefficient (Wildman–Crippen LogP) is 0.969. The summed E-state index contributed by atoms with van der Waals surface area (Å²) in [5.41, 5.74) is 7.44. The second kappa shape index (κ2) is 8.71. The number of rotatable bonds is 6.